The third-order valence-corrected chi connectivity index (χ3v) is 10.8. The molecule has 1 fully saturated rings. The molecule has 60 heavy (non-hydrogen) atoms. The molecule has 1 aliphatic heterocycles. The molecule has 8 atom stereocenters. The summed E-state index contributed by atoms with van der Waals surface area (Å²) in [6.07, 6.45) is -2.75. The quantitative estimate of drug-likeness (QED) is 0.0521. The number of phenolic OH excluding ortho intramolecular Hbond substituents is 7. The molecule has 8 unspecified atom stereocenters. The minimum Gasteiger partial charge on any atom is -0.508 e. The maximum Gasteiger partial charge on any atom is 0.335 e. The van der Waals surface area contributed by atoms with Crippen LogP contribution >= 0.6 is 0 Å². The molecule has 0 bridgehead atoms. The Morgan fingerprint density at radius 2 is 1.48 bits per heavy atom. The number of benzene rings is 4. The average Bonchev–Trinajstić information content (AvgIpc) is 3.17. The van der Waals surface area contributed by atoms with Crippen LogP contribution in [0.3, 0.4) is 0 Å². The molecule has 1 aliphatic carbocycles. The van der Waals surface area contributed by atoms with Gasteiger partial charge in [0.25, 0.3) is 0 Å². The number of aliphatic hydroxyl groups excluding tert-OH is 3. The zero-order valence-corrected chi connectivity index (χ0v) is 32.7. The minimum absolute atomic E-state index is 0.0401. The first-order chi connectivity index (χ1) is 28.4. The van der Waals surface area contributed by atoms with E-state index < -0.39 is 83.2 Å². The van der Waals surface area contributed by atoms with E-state index in [0.29, 0.717) is 16.7 Å². The van der Waals surface area contributed by atoms with Gasteiger partial charge in [0.15, 0.2) is 11.9 Å². The number of carboxylic acid groups (broad SMARTS) is 1. The van der Waals surface area contributed by atoms with Crippen molar-refractivity contribution in [1.82, 2.24) is 0 Å². The topological polar surface area (TPSA) is 275 Å². The number of ether oxygens (including phenoxy) is 2. The summed E-state index contributed by atoms with van der Waals surface area (Å²) in [7, 11) is 0. The van der Waals surface area contributed by atoms with Gasteiger partial charge in [-0.05, 0) is 87.2 Å². The fourth-order valence-electron chi connectivity index (χ4n) is 7.76. The second-order valence-electron chi connectivity index (χ2n) is 15.3. The van der Waals surface area contributed by atoms with Crippen LogP contribution < -0.4 is 4.74 Å². The largest absolute Gasteiger partial charge is 0.508 e. The lowest BCUT2D eigenvalue weighted by molar-refractivity contribution is -0.271. The van der Waals surface area contributed by atoms with Crippen molar-refractivity contribution in [2.45, 2.75) is 76.2 Å². The van der Waals surface area contributed by atoms with E-state index in [1.165, 1.54) is 60.7 Å². The predicted molar refractivity (Wildman–Crippen MR) is 216 cm³/mol. The second kappa shape index (κ2) is 17.4. The lowest BCUT2D eigenvalue weighted by atomic mass is 9.65. The van der Waals surface area contributed by atoms with Gasteiger partial charge in [0, 0.05) is 46.6 Å². The molecule has 4 aromatic carbocycles. The summed E-state index contributed by atoms with van der Waals surface area (Å²) in [4.78, 5) is 26.6. The first-order valence-electron chi connectivity index (χ1n) is 18.9. The molecule has 1 saturated heterocycles. The number of hydrogen-bond donors (Lipinski definition) is 11. The molecular formula is C45H46O15. The van der Waals surface area contributed by atoms with Crippen molar-refractivity contribution in [2.24, 2.45) is 5.92 Å². The van der Waals surface area contributed by atoms with Crippen molar-refractivity contribution in [2.75, 3.05) is 0 Å². The van der Waals surface area contributed by atoms with Crippen LogP contribution in [0.25, 0.3) is 12.2 Å². The summed E-state index contributed by atoms with van der Waals surface area (Å²) < 4.78 is 10.8. The number of aliphatic hydroxyl groups is 3. The first kappa shape index (κ1) is 43.1. The molecule has 1 heterocycles. The van der Waals surface area contributed by atoms with E-state index in [4.69, 9.17) is 9.47 Å². The van der Waals surface area contributed by atoms with Crippen molar-refractivity contribution in [3.8, 4) is 46.0 Å². The van der Waals surface area contributed by atoms with E-state index in [-0.39, 0.29) is 58.1 Å². The monoisotopic (exact) mass is 826 g/mol. The van der Waals surface area contributed by atoms with E-state index in [2.05, 4.69) is 0 Å². The van der Waals surface area contributed by atoms with Gasteiger partial charge >= 0.3 is 5.97 Å². The zero-order chi connectivity index (χ0) is 43.7. The van der Waals surface area contributed by atoms with Crippen molar-refractivity contribution < 1.29 is 75.2 Å². The number of phenols is 7. The molecule has 0 spiro atoms. The summed E-state index contributed by atoms with van der Waals surface area (Å²) in [6, 6.07) is 13.1. The Morgan fingerprint density at radius 3 is 2.12 bits per heavy atom. The van der Waals surface area contributed by atoms with Crippen LogP contribution in [0.1, 0.15) is 77.2 Å². The van der Waals surface area contributed by atoms with Crippen LogP contribution in [0, 0.1) is 5.92 Å². The number of ketones is 1. The standard InChI is InChI=1S/C45H46O15/c1-20(2)4-10-27-31(47)13-12-28(38(27)52)39(53)36-29(26-11-9-25(19-33(26)49)59-45-42(56)40(54)41(55)43(60-45)44(57)58)14-21(3)15-30(36)37-34(50)16-22(17-35(37)51)5-6-23-7-8-24(46)18-32(23)48/h4-9,11-13,15-19,29-30,36,40-43,45-52,54-56H,10,14H2,1-3H3,(H,57,58)/b6-5+. The lowest BCUT2D eigenvalue weighted by Crippen LogP contribution is -2.61. The van der Waals surface area contributed by atoms with Crippen LogP contribution in [-0.2, 0) is 16.0 Å². The smallest absolute Gasteiger partial charge is 0.335 e. The fraction of sp³-hybridized carbons (Fsp3) is 0.289. The van der Waals surface area contributed by atoms with Gasteiger partial charge in [0.05, 0.1) is 5.56 Å². The van der Waals surface area contributed by atoms with Crippen molar-refractivity contribution >= 4 is 23.9 Å². The van der Waals surface area contributed by atoms with Crippen molar-refractivity contribution in [3.05, 3.63) is 117 Å². The Labute approximate surface area is 343 Å². The van der Waals surface area contributed by atoms with E-state index in [1.807, 2.05) is 13.8 Å². The van der Waals surface area contributed by atoms with Gasteiger partial charge < -0.3 is 65.6 Å². The number of allylic oxidation sites excluding steroid dienone is 4. The van der Waals surface area contributed by atoms with Gasteiger partial charge in [-0.3, -0.25) is 4.79 Å². The molecule has 4 aromatic rings. The fourth-order valence-corrected chi connectivity index (χ4v) is 7.76. The molecule has 0 saturated carbocycles. The number of Topliss-reactive ketones (excluding diaryl/α,β-unsaturated/α-hetero) is 1. The van der Waals surface area contributed by atoms with Gasteiger partial charge in [-0.1, -0.05) is 41.5 Å². The average molecular weight is 827 g/mol. The highest BCUT2D eigenvalue weighted by atomic mass is 16.7. The van der Waals surface area contributed by atoms with Crippen molar-refractivity contribution in [3.63, 3.8) is 0 Å². The van der Waals surface area contributed by atoms with Crippen LogP contribution in [0.4, 0.5) is 0 Å². The van der Waals surface area contributed by atoms with Gasteiger partial charge in [0.2, 0.25) is 6.29 Å². The highest BCUT2D eigenvalue weighted by Gasteiger charge is 2.48. The summed E-state index contributed by atoms with van der Waals surface area (Å²) >= 11 is 0. The second-order valence-corrected chi connectivity index (χ2v) is 15.3. The molecule has 2 aliphatic rings. The number of hydrogen-bond acceptors (Lipinski definition) is 14. The maximum atomic E-state index is 15.0. The molecule has 0 amide bonds. The number of carbonyl (C=O) groups excluding carboxylic acids is 1. The molecule has 11 N–H and O–H groups in total. The molecular weight excluding hydrogens is 780 g/mol. The van der Waals surface area contributed by atoms with Crippen LogP contribution in [0.2, 0.25) is 0 Å². The van der Waals surface area contributed by atoms with Gasteiger partial charge in [-0.25, -0.2) is 4.79 Å². The Hall–Kier alpha value is -6.52. The van der Waals surface area contributed by atoms with E-state index in [1.54, 1.807) is 19.1 Å². The third-order valence-electron chi connectivity index (χ3n) is 10.8. The van der Waals surface area contributed by atoms with Gasteiger partial charge in [0.1, 0.15) is 64.3 Å². The molecule has 0 aromatic heterocycles. The summed E-state index contributed by atoms with van der Waals surface area (Å²) in [5.41, 5.74) is 2.33. The molecule has 316 valence electrons. The number of aromatic hydroxyl groups is 7. The zero-order valence-electron chi connectivity index (χ0n) is 32.7. The van der Waals surface area contributed by atoms with Crippen LogP contribution in [0.15, 0.2) is 84.0 Å². The summed E-state index contributed by atoms with van der Waals surface area (Å²) in [5.74, 6) is -7.92. The predicted octanol–water partition coefficient (Wildman–Crippen LogP) is 5.29. The van der Waals surface area contributed by atoms with Crippen molar-refractivity contribution in [1.29, 1.82) is 0 Å². The summed E-state index contributed by atoms with van der Waals surface area (Å²) in [6.45, 7) is 5.43. The van der Waals surface area contributed by atoms with E-state index in [9.17, 15) is 65.8 Å². The molecule has 15 nitrogen and oxygen atoms in total. The van der Waals surface area contributed by atoms with E-state index in [0.717, 1.165) is 17.7 Å². The highest BCUT2D eigenvalue weighted by molar-refractivity contribution is 6.02. The lowest BCUT2D eigenvalue weighted by Gasteiger charge is -2.38. The number of carboxylic acids is 1. The van der Waals surface area contributed by atoms with Gasteiger partial charge in [-0.15, -0.1) is 0 Å². The normalized spacial score (nSPS) is 24.1. The molecule has 6 rings (SSSR count). The maximum absolute atomic E-state index is 15.0. The van der Waals surface area contributed by atoms with Crippen LogP contribution in [-0.4, -0.2) is 98.6 Å². The number of carbonyl (C=O) groups is 2. The van der Waals surface area contributed by atoms with Crippen LogP contribution in [0.5, 0.6) is 46.0 Å². The Balaban J connectivity index is 1.43. The number of aliphatic carboxylic acids is 1. The summed E-state index contributed by atoms with van der Waals surface area (Å²) in [5, 5.41) is 117. The Kier molecular flexibility index (Phi) is 12.5. The Bertz CT molecular complexity index is 2370. The highest BCUT2D eigenvalue weighted by Crippen LogP contribution is 2.53. The SMILES string of the molecule is CC(C)=CCc1c(O)ccc(C(=O)C2C(c3c(O)cc(/C=C/c4ccc(O)cc4O)cc3O)C=C(C)CC2c2ccc(OC3OC(C(=O)O)C(O)C(O)C3O)cc2O)c1O. The molecule has 0 radical (unpaired) electrons. The third kappa shape index (κ3) is 8.74. The number of rotatable bonds is 11. The van der Waals surface area contributed by atoms with E-state index >= 15 is 0 Å². The van der Waals surface area contributed by atoms with Gasteiger partial charge in [-0.2, -0.15) is 0 Å². The first-order valence-corrected chi connectivity index (χ1v) is 18.9. The minimum atomic E-state index is -1.96. The Morgan fingerprint density at radius 1 is 0.783 bits per heavy atom. The molecule has 15 heteroatoms.